The van der Waals surface area contributed by atoms with Gasteiger partial charge in [-0.3, -0.25) is 13.9 Å². The second kappa shape index (κ2) is 11.5. The van der Waals surface area contributed by atoms with Gasteiger partial charge in [-0.05, 0) is 41.8 Å². The molecule has 15 heteroatoms. The predicted molar refractivity (Wildman–Crippen MR) is 140 cm³/mol. The van der Waals surface area contributed by atoms with Crippen molar-refractivity contribution in [1.29, 1.82) is 0 Å². The molecule has 0 amide bonds. The summed E-state index contributed by atoms with van der Waals surface area (Å²) >= 11 is 5.98. The first kappa shape index (κ1) is 29.4. The molecule has 4 rings (SSSR count). The van der Waals surface area contributed by atoms with Gasteiger partial charge in [0.25, 0.3) is 5.56 Å². The van der Waals surface area contributed by atoms with E-state index in [0.717, 1.165) is 21.3 Å². The minimum absolute atomic E-state index is 0.00212. The Bertz CT molecular complexity index is 1760. The molecule has 0 aliphatic rings. The molecular weight excluding hydrogens is 577 g/mol. The number of imidazole rings is 1. The fourth-order valence-electron chi connectivity index (χ4n) is 4.19. The van der Waals surface area contributed by atoms with Gasteiger partial charge in [0.1, 0.15) is 5.75 Å². The zero-order chi connectivity index (χ0) is 29.2. The van der Waals surface area contributed by atoms with E-state index in [4.69, 9.17) is 16.3 Å². The van der Waals surface area contributed by atoms with E-state index in [-0.39, 0.29) is 36.4 Å². The summed E-state index contributed by atoms with van der Waals surface area (Å²) in [6.45, 7) is 0.189. The maximum absolute atomic E-state index is 13.7. The summed E-state index contributed by atoms with van der Waals surface area (Å²) in [5.74, 6) is -1.33. The maximum atomic E-state index is 13.7. The van der Waals surface area contributed by atoms with Crippen molar-refractivity contribution in [2.24, 2.45) is 7.05 Å². The molecule has 10 nitrogen and oxygen atoms in total. The van der Waals surface area contributed by atoms with Gasteiger partial charge in [-0.25, -0.2) is 13.2 Å². The molecule has 0 aliphatic carbocycles. The molecule has 0 spiro atoms. The van der Waals surface area contributed by atoms with E-state index < -0.39 is 44.1 Å². The van der Waals surface area contributed by atoms with Crippen LogP contribution in [0.25, 0.3) is 11.2 Å². The number of fused-ring (bicyclic) bond motifs is 1. The highest BCUT2D eigenvalue weighted by Crippen LogP contribution is 2.26. The van der Waals surface area contributed by atoms with Crippen molar-refractivity contribution >= 4 is 32.6 Å². The van der Waals surface area contributed by atoms with Gasteiger partial charge < -0.3 is 14.0 Å². The van der Waals surface area contributed by atoms with Crippen LogP contribution in [-0.4, -0.2) is 47.2 Å². The number of nitrogens with zero attached hydrogens (tertiary/aromatic N) is 4. The molecule has 0 saturated carbocycles. The third-order valence-electron chi connectivity index (χ3n) is 5.95. The molecular formula is C25H24ClF3N4O6S. The summed E-state index contributed by atoms with van der Waals surface area (Å²) in [5.41, 5.74) is -1.12. The first-order chi connectivity index (χ1) is 18.8. The molecule has 0 aliphatic heterocycles. The van der Waals surface area contributed by atoms with Crippen molar-refractivity contribution in [1.82, 2.24) is 18.7 Å². The largest absolute Gasteiger partial charge is 0.573 e. The van der Waals surface area contributed by atoms with Gasteiger partial charge in [-0.15, -0.1) is 13.2 Å². The van der Waals surface area contributed by atoms with Crippen LogP contribution in [0.2, 0.25) is 5.02 Å². The Morgan fingerprint density at radius 3 is 2.38 bits per heavy atom. The normalized spacial score (nSPS) is 12.2. The lowest BCUT2D eigenvalue weighted by Crippen LogP contribution is -2.40. The number of sulfone groups is 1. The van der Waals surface area contributed by atoms with Gasteiger partial charge in [0.2, 0.25) is 15.0 Å². The lowest BCUT2D eigenvalue weighted by molar-refractivity contribution is -0.274. The Kier molecular flexibility index (Phi) is 8.42. The summed E-state index contributed by atoms with van der Waals surface area (Å²) in [6.07, 6.45) is -4.61. The molecule has 0 unspecified atom stereocenters. The molecule has 4 aromatic rings. The molecule has 2 heterocycles. The molecule has 40 heavy (non-hydrogen) atoms. The summed E-state index contributed by atoms with van der Waals surface area (Å²) in [5, 5.41) is -0.0859. The fraction of sp³-hybridized carbons (Fsp3) is 0.320. The van der Waals surface area contributed by atoms with Crippen LogP contribution in [0.4, 0.5) is 13.2 Å². The molecule has 0 radical (unpaired) electrons. The molecule has 0 atom stereocenters. The minimum atomic E-state index is -4.96. The quantitative estimate of drug-likeness (QED) is 0.256. The number of aromatic nitrogens is 4. The summed E-state index contributed by atoms with van der Waals surface area (Å²) in [6, 6.07) is 11.0. The van der Waals surface area contributed by atoms with E-state index in [9.17, 15) is 31.2 Å². The van der Waals surface area contributed by atoms with Crippen LogP contribution in [0, 0.1) is 0 Å². The summed E-state index contributed by atoms with van der Waals surface area (Å²) < 4.78 is 77.6. The van der Waals surface area contributed by atoms with Crippen molar-refractivity contribution in [3.05, 3.63) is 85.5 Å². The number of ether oxygens (including phenoxy) is 2. The van der Waals surface area contributed by atoms with E-state index >= 15 is 0 Å². The number of benzene rings is 2. The van der Waals surface area contributed by atoms with E-state index in [1.54, 1.807) is 24.3 Å². The molecule has 214 valence electrons. The number of halogens is 4. The smallest absolute Gasteiger partial charge is 0.406 e. The molecule has 0 saturated heterocycles. The lowest BCUT2D eigenvalue weighted by atomic mass is 10.2. The Labute approximate surface area is 231 Å². The van der Waals surface area contributed by atoms with Gasteiger partial charge >= 0.3 is 12.1 Å². The first-order valence-electron chi connectivity index (χ1n) is 11.8. The van der Waals surface area contributed by atoms with E-state index in [0.29, 0.717) is 17.0 Å². The van der Waals surface area contributed by atoms with Gasteiger partial charge in [-0.1, -0.05) is 35.9 Å². The van der Waals surface area contributed by atoms with E-state index in [1.165, 1.54) is 30.9 Å². The Balaban J connectivity index is 1.88. The van der Waals surface area contributed by atoms with Crippen LogP contribution in [-0.2, 0) is 40.5 Å². The molecule has 0 N–H and O–H groups in total. The first-order valence-corrected chi connectivity index (χ1v) is 13.8. The zero-order valence-corrected chi connectivity index (χ0v) is 22.9. The van der Waals surface area contributed by atoms with Gasteiger partial charge in [0.05, 0.1) is 12.3 Å². The number of hydrogen-bond acceptors (Lipinski definition) is 7. The fourth-order valence-corrected chi connectivity index (χ4v) is 5.78. The second-order valence-electron chi connectivity index (χ2n) is 8.88. The summed E-state index contributed by atoms with van der Waals surface area (Å²) in [4.78, 5) is 30.7. The predicted octanol–water partition coefficient (Wildman–Crippen LogP) is 3.51. The number of rotatable bonds is 10. The van der Waals surface area contributed by atoms with Crippen LogP contribution < -0.4 is 16.0 Å². The third kappa shape index (κ3) is 6.40. The van der Waals surface area contributed by atoms with Crippen molar-refractivity contribution in [3.63, 3.8) is 0 Å². The van der Waals surface area contributed by atoms with E-state index in [1.807, 2.05) is 0 Å². The number of alkyl halides is 3. The van der Waals surface area contributed by atoms with Crippen molar-refractivity contribution in [2.75, 3.05) is 13.7 Å². The highest BCUT2D eigenvalue weighted by molar-refractivity contribution is 7.90. The molecule has 2 aromatic heterocycles. The molecule has 2 aromatic carbocycles. The molecule has 0 bridgehead atoms. The van der Waals surface area contributed by atoms with Gasteiger partial charge in [0.15, 0.2) is 11.2 Å². The summed E-state index contributed by atoms with van der Waals surface area (Å²) in [7, 11) is -1.52. The van der Waals surface area contributed by atoms with Crippen molar-refractivity contribution in [3.8, 4) is 5.75 Å². The third-order valence-corrected chi connectivity index (χ3v) is 7.78. The van der Waals surface area contributed by atoms with Gasteiger partial charge in [-0.2, -0.15) is 4.98 Å². The highest BCUT2D eigenvalue weighted by atomic mass is 35.5. The van der Waals surface area contributed by atoms with Crippen LogP contribution in [0.3, 0.4) is 0 Å². The lowest BCUT2D eigenvalue weighted by Gasteiger charge is -2.12. The molecule has 0 fully saturated rings. The standard InChI is InChI=1S/C25H24ClF3N4O6S/c1-31-21-20(22(34)32(24(31)35)11-4-12-38-2)33(14-16-7-9-18(26)10-8-16)23(30-21)40(36,37)15-17-5-3-6-19(13-17)39-25(27,28)29/h3,5-10,13H,4,11-12,14-15H2,1-2H3. The van der Waals surface area contributed by atoms with Crippen LogP contribution >= 0.6 is 11.6 Å². The average Bonchev–Trinajstić information content (AvgIpc) is 3.25. The van der Waals surface area contributed by atoms with E-state index in [2.05, 4.69) is 9.72 Å². The highest BCUT2D eigenvalue weighted by Gasteiger charge is 2.32. The average molecular weight is 601 g/mol. The minimum Gasteiger partial charge on any atom is -0.406 e. The Hall–Kier alpha value is -3.62. The van der Waals surface area contributed by atoms with Crippen molar-refractivity contribution < 1.29 is 31.1 Å². The second-order valence-corrected chi connectivity index (χ2v) is 11.2. The Morgan fingerprint density at radius 1 is 1.02 bits per heavy atom. The van der Waals surface area contributed by atoms with Crippen LogP contribution in [0.15, 0.2) is 63.3 Å². The van der Waals surface area contributed by atoms with Crippen LogP contribution in [0.1, 0.15) is 17.5 Å². The SMILES string of the molecule is COCCCn1c(=O)c2c(nc(S(=O)(=O)Cc3cccc(OC(F)(F)F)c3)n2Cc2ccc(Cl)cc2)n(C)c1=O. The zero-order valence-electron chi connectivity index (χ0n) is 21.3. The maximum Gasteiger partial charge on any atom is 0.573 e. The monoisotopic (exact) mass is 600 g/mol. The van der Waals surface area contributed by atoms with Crippen LogP contribution in [0.5, 0.6) is 5.75 Å². The number of hydrogen-bond donors (Lipinski definition) is 0. The Morgan fingerprint density at radius 2 is 1.73 bits per heavy atom. The van der Waals surface area contributed by atoms with Crippen molar-refractivity contribution in [2.45, 2.75) is 36.8 Å². The number of methoxy groups -OCH3 is 1. The number of aryl methyl sites for hydroxylation is 1. The topological polar surface area (TPSA) is 114 Å². The van der Waals surface area contributed by atoms with Gasteiger partial charge in [0, 0.05) is 32.3 Å².